The van der Waals surface area contributed by atoms with Crippen LogP contribution in [0.15, 0.2) is 52.9 Å². The van der Waals surface area contributed by atoms with E-state index in [2.05, 4.69) is 36.1 Å². The van der Waals surface area contributed by atoms with Crippen molar-refractivity contribution in [2.75, 3.05) is 20.2 Å². The second-order valence-corrected chi connectivity index (χ2v) is 7.58. The molecule has 0 bridgehead atoms. The van der Waals surface area contributed by atoms with Gasteiger partial charge >= 0.3 is 0 Å². The molecule has 1 fully saturated rings. The zero-order valence-corrected chi connectivity index (χ0v) is 16.9. The minimum Gasteiger partial charge on any atom is -0.496 e. The van der Waals surface area contributed by atoms with Crippen molar-refractivity contribution < 1.29 is 9.15 Å². The Labute approximate surface area is 167 Å². The summed E-state index contributed by atoms with van der Waals surface area (Å²) in [6, 6.07) is 17.1. The molecule has 1 atom stereocenters. The zero-order valence-electron chi connectivity index (χ0n) is 16.9. The molecule has 0 saturated carbocycles. The quantitative estimate of drug-likeness (QED) is 0.581. The summed E-state index contributed by atoms with van der Waals surface area (Å²) in [6.07, 6.45) is 3.54. The molecule has 4 heteroatoms. The molecular formula is C24H28N2O2. The van der Waals surface area contributed by atoms with Gasteiger partial charge in [0.05, 0.1) is 12.8 Å². The largest absolute Gasteiger partial charge is 0.496 e. The van der Waals surface area contributed by atoms with Crippen LogP contribution in [-0.2, 0) is 6.42 Å². The van der Waals surface area contributed by atoms with Crippen LogP contribution in [0.5, 0.6) is 5.75 Å². The summed E-state index contributed by atoms with van der Waals surface area (Å²) in [7, 11) is 1.70. The number of benzene rings is 2. The SMILES string of the molecule is COc1cc(-c2nc(CCN3CCC[C@H]3C)c(C)o2)ccc1-c1ccccc1. The zero-order chi connectivity index (χ0) is 19.5. The first-order valence-electron chi connectivity index (χ1n) is 10.1. The first-order chi connectivity index (χ1) is 13.7. The molecule has 0 aliphatic carbocycles. The first-order valence-corrected chi connectivity index (χ1v) is 10.1. The van der Waals surface area contributed by atoms with Crippen LogP contribution in [0.25, 0.3) is 22.6 Å². The summed E-state index contributed by atoms with van der Waals surface area (Å²) in [6.45, 7) is 6.57. The average Bonchev–Trinajstić information content (AvgIpc) is 3.31. The fourth-order valence-corrected chi connectivity index (χ4v) is 4.04. The Hall–Kier alpha value is -2.59. The Bertz CT molecular complexity index is 933. The molecule has 0 radical (unpaired) electrons. The van der Waals surface area contributed by atoms with E-state index in [-0.39, 0.29) is 0 Å². The lowest BCUT2D eigenvalue weighted by Crippen LogP contribution is -2.29. The predicted molar refractivity (Wildman–Crippen MR) is 113 cm³/mol. The van der Waals surface area contributed by atoms with Crippen molar-refractivity contribution in [3.63, 3.8) is 0 Å². The summed E-state index contributed by atoms with van der Waals surface area (Å²) < 4.78 is 11.7. The highest BCUT2D eigenvalue weighted by Crippen LogP contribution is 2.34. The third-order valence-electron chi connectivity index (χ3n) is 5.75. The predicted octanol–water partition coefficient (Wildman–Crippen LogP) is 5.35. The molecule has 1 aliphatic rings. The minimum absolute atomic E-state index is 0.667. The third kappa shape index (κ3) is 3.83. The smallest absolute Gasteiger partial charge is 0.226 e. The minimum atomic E-state index is 0.667. The van der Waals surface area contributed by atoms with Crippen molar-refractivity contribution in [3.8, 4) is 28.3 Å². The number of methoxy groups -OCH3 is 1. The molecule has 1 saturated heterocycles. The van der Waals surface area contributed by atoms with Crippen LogP contribution in [0.1, 0.15) is 31.2 Å². The summed E-state index contributed by atoms with van der Waals surface area (Å²) in [5.74, 6) is 2.40. The second-order valence-electron chi connectivity index (χ2n) is 7.58. The molecule has 0 amide bonds. The highest BCUT2D eigenvalue weighted by atomic mass is 16.5. The van der Waals surface area contributed by atoms with Gasteiger partial charge in [-0.25, -0.2) is 4.98 Å². The summed E-state index contributed by atoms with van der Waals surface area (Å²) in [5.41, 5.74) is 4.20. The van der Waals surface area contributed by atoms with E-state index in [1.54, 1.807) is 7.11 Å². The Morgan fingerprint density at radius 2 is 1.96 bits per heavy atom. The summed E-state index contributed by atoms with van der Waals surface area (Å²) >= 11 is 0. The number of hydrogen-bond acceptors (Lipinski definition) is 4. The Morgan fingerprint density at radius 3 is 2.68 bits per heavy atom. The van der Waals surface area contributed by atoms with Crippen molar-refractivity contribution in [1.29, 1.82) is 0 Å². The van der Waals surface area contributed by atoms with Crippen molar-refractivity contribution in [2.24, 2.45) is 0 Å². The number of nitrogens with zero attached hydrogens (tertiary/aromatic N) is 2. The highest BCUT2D eigenvalue weighted by molar-refractivity contribution is 5.74. The molecule has 2 aromatic carbocycles. The van der Waals surface area contributed by atoms with Gasteiger partial charge in [0.25, 0.3) is 0 Å². The monoisotopic (exact) mass is 376 g/mol. The van der Waals surface area contributed by atoms with E-state index in [1.807, 2.05) is 31.2 Å². The first kappa shape index (κ1) is 18.8. The topological polar surface area (TPSA) is 38.5 Å². The van der Waals surface area contributed by atoms with Gasteiger partial charge < -0.3 is 14.1 Å². The molecule has 3 aromatic rings. The van der Waals surface area contributed by atoms with Crippen molar-refractivity contribution >= 4 is 0 Å². The second kappa shape index (κ2) is 8.19. The maximum Gasteiger partial charge on any atom is 0.226 e. The van der Waals surface area contributed by atoms with Crippen LogP contribution in [0.2, 0.25) is 0 Å². The Kier molecular flexibility index (Phi) is 5.49. The molecule has 1 aliphatic heterocycles. The van der Waals surface area contributed by atoms with Crippen LogP contribution < -0.4 is 4.74 Å². The van der Waals surface area contributed by atoms with E-state index in [0.29, 0.717) is 11.9 Å². The molecule has 4 nitrogen and oxygen atoms in total. The van der Waals surface area contributed by atoms with Crippen molar-refractivity contribution in [1.82, 2.24) is 9.88 Å². The average molecular weight is 377 g/mol. The van der Waals surface area contributed by atoms with E-state index in [0.717, 1.165) is 46.9 Å². The fraction of sp³-hybridized carbons (Fsp3) is 0.375. The van der Waals surface area contributed by atoms with E-state index in [4.69, 9.17) is 14.1 Å². The van der Waals surface area contributed by atoms with Crippen LogP contribution in [0.4, 0.5) is 0 Å². The fourth-order valence-electron chi connectivity index (χ4n) is 4.04. The number of oxazole rings is 1. The summed E-state index contributed by atoms with van der Waals surface area (Å²) in [5, 5.41) is 0. The number of ether oxygens (including phenoxy) is 1. The van der Waals surface area contributed by atoms with Crippen molar-refractivity contribution in [2.45, 2.75) is 39.2 Å². The van der Waals surface area contributed by atoms with Gasteiger partial charge in [0.15, 0.2) is 0 Å². The molecule has 2 heterocycles. The molecule has 0 spiro atoms. The maximum absolute atomic E-state index is 6.00. The number of rotatable bonds is 6. The number of likely N-dealkylation sites (tertiary alicyclic amines) is 1. The lowest BCUT2D eigenvalue weighted by Gasteiger charge is -2.20. The Balaban J connectivity index is 1.56. The van der Waals surface area contributed by atoms with Gasteiger partial charge in [-0.2, -0.15) is 0 Å². The van der Waals surface area contributed by atoms with Gasteiger partial charge in [0.2, 0.25) is 5.89 Å². The van der Waals surface area contributed by atoms with Gasteiger partial charge in [0, 0.05) is 30.1 Å². The normalized spacial score (nSPS) is 17.2. The standard InChI is InChI=1S/C24H28N2O2/c1-17-8-7-14-26(17)15-13-22-18(2)28-24(25-22)20-11-12-21(23(16-20)27-3)19-9-5-4-6-10-19/h4-6,9-12,16-17H,7-8,13-15H2,1-3H3/t17-/m1/s1. The maximum atomic E-state index is 6.00. The van der Waals surface area contributed by atoms with Crippen molar-refractivity contribution in [3.05, 3.63) is 60.0 Å². The molecule has 0 N–H and O–H groups in total. The van der Waals surface area contributed by atoms with E-state index >= 15 is 0 Å². The third-order valence-corrected chi connectivity index (χ3v) is 5.75. The van der Waals surface area contributed by atoms with E-state index in [9.17, 15) is 0 Å². The van der Waals surface area contributed by atoms with E-state index < -0.39 is 0 Å². The molecular weight excluding hydrogens is 348 g/mol. The molecule has 0 unspecified atom stereocenters. The van der Waals surface area contributed by atoms with Gasteiger partial charge in [-0.1, -0.05) is 30.3 Å². The lowest BCUT2D eigenvalue weighted by molar-refractivity contribution is 0.271. The van der Waals surface area contributed by atoms with Crippen LogP contribution >= 0.6 is 0 Å². The summed E-state index contributed by atoms with van der Waals surface area (Å²) in [4.78, 5) is 7.34. The number of aromatic nitrogens is 1. The van der Waals surface area contributed by atoms with Gasteiger partial charge in [0.1, 0.15) is 11.5 Å². The van der Waals surface area contributed by atoms with Crippen LogP contribution in [-0.4, -0.2) is 36.1 Å². The van der Waals surface area contributed by atoms with Crippen LogP contribution in [0.3, 0.4) is 0 Å². The van der Waals surface area contributed by atoms with E-state index in [1.165, 1.54) is 19.4 Å². The molecule has 4 rings (SSSR count). The lowest BCUT2D eigenvalue weighted by atomic mass is 10.0. The molecule has 1 aromatic heterocycles. The van der Waals surface area contributed by atoms with Gasteiger partial charge in [-0.15, -0.1) is 0 Å². The Morgan fingerprint density at radius 1 is 1.14 bits per heavy atom. The molecule has 146 valence electrons. The van der Waals surface area contributed by atoms with Gasteiger partial charge in [-0.05, 0) is 57.0 Å². The van der Waals surface area contributed by atoms with Gasteiger partial charge in [-0.3, -0.25) is 0 Å². The highest BCUT2D eigenvalue weighted by Gasteiger charge is 2.21. The molecule has 28 heavy (non-hydrogen) atoms. The number of hydrogen-bond donors (Lipinski definition) is 0. The number of aryl methyl sites for hydroxylation is 1. The van der Waals surface area contributed by atoms with Crippen LogP contribution in [0, 0.1) is 6.92 Å².